The number of nitrogen functional groups attached to an aromatic ring is 1. The maximum absolute atomic E-state index is 11.7. The number of hydrogen-bond donors (Lipinski definition) is 2. The van der Waals surface area contributed by atoms with E-state index >= 15 is 0 Å². The summed E-state index contributed by atoms with van der Waals surface area (Å²) in [6, 6.07) is -0.0742. The molecule has 8 nitrogen and oxygen atoms in total. The van der Waals surface area contributed by atoms with Crippen LogP contribution in [0.2, 0.25) is 0 Å². The SMILES string of the molecule is CC(C)(C)C1C(Cn2nc(I)c3c(N)ncnc32)CCCN1C(=O)O. The van der Waals surface area contributed by atoms with Crippen molar-refractivity contribution in [2.24, 2.45) is 11.3 Å². The summed E-state index contributed by atoms with van der Waals surface area (Å²) in [6.07, 6.45) is 2.41. The number of halogens is 1. The van der Waals surface area contributed by atoms with E-state index in [1.165, 1.54) is 6.33 Å². The van der Waals surface area contributed by atoms with Crippen LogP contribution in [-0.4, -0.2) is 48.4 Å². The van der Waals surface area contributed by atoms with Gasteiger partial charge in [-0.1, -0.05) is 20.8 Å². The molecule has 1 fully saturated rings. The van der Waals surface area contributed by atoms with Crippen LogP contribution in [0.1, 0.15) is 33.6 Å². The summed E-state index contributed by atoms with van der Waals surface area (Å²) in [7, 11) is 0. The molecule has 9 heteroatoms. The molecule has 2 atom stereocenters. The van der Waals surface area contributed by atoms with Gasteiger partial charge in [-0.25, -0.2) is 19.4 Å². The summed E-state index contributed by atoms with van der Waals surface area (Å²) in [5, 5.41) is 15.0. The second kappa shape index (κ2) is 6.58. The molecule has 1 aliphatic rings. The zero-order valence-electron chi connectivity index (χ0n) is 14.6. The molecular formula is C16H23IN6O2. The monoisotopic (exact) mass is 458 g/mol. The number of aromatic nitrogens is 4. The highest BCUT2D eigenvalue weighted by molar-refractivity contribution is 14.1. The number of hydrogen-bond acceptors (Lipinski definition) is 5. The molecule has 0 radical (unpaired) electrons. The molecule has 0 bridgehead atoms. The summed E-state index contributed by atoms with van der Waals surface area (Å²) in [5.74, 6) is 0.587. The van der Waals surface area contributed by atoms with Gasteiger partial charge in [0.1, 0.15) is 15.8 Å². The molecule has 0 aliphatic carbocycles. The molecular weight excluding hydrogens is 435 g/mol. The van der Waals surface area contributed by atoms with E-state index in [4.69, 9.17) is 5.73 Å². The van der Waals surface area contributed by atoms with Crippen molar-refractivity contribution in [3.63, 3.8) is 0 Å². The molecule has 3 rings (SSSR count). The van der Waals surface area contributed by atoms with Crippen LogP contribution in [0.25, 0.3) is 11.0 Å². The van der Waals surface area contributed by atoms with Crippen LogP contribution < -0.4 is 5.73 Å². The van der Waals surface area contributed by atoms with Crippen molar-refractivity contribution < 1.29 is 9.90 Å². The molecule has 2 aromatic heterocycles. The van der Waals surface area contributed by atoms with Gasteiger partial charge in [-0.2, -0.15) is 5.10 Å². The number of fused-ring (bicyclic) bond motifs is 1. The molecule has 2 aromatic rings. The van der Waals surface area contributed by atoms with Gasteiger partial charge >= 0.3 is 6.09 Å². The second-order valence-electron chi connectivity index (χ2n) is 7.62. The number of rotatable bonds is 2. The highest BCUT2D eigenvalue weighted by Gasteiger charge is 2.42. The Kier molecular flexibility index (Phi) is 4.78. The first-order valence-electron chi connectivity index (χ1n) is 8.32. The van der Waals surface area contributed by atoms with Crippen LogP contribution in [0, 0.1) is 15.0 Å². The molecule has 1 amide bonds. The standard InChI is InChI=1S/C16H23IN6O2/c1-16(2,3)11-9(5-4-6-22(11)15(24)25)7-23-14-10(12(17)21-23)13(18)19-8-20-14/h8-9,11H,4-7H2,1-3H3,(H,24,25)(H2,18,19,20). The van der Waals surface area contributed by atoms with Gasteiger partial charge in [-0.3, -0.25) is 0 Å². The van der Waals surface area contributed by atoms with Gasteiger partial charge in [0.05, 0.1) is 5.39 Å². The number of anilines is 1. The third-order valence-electron chi connectivity index (χ3n) is 4.81. The topological polar surface area (TPSA) is 110 Å². The molecule has 3 N–H and O–H groups in total. The van der Waals surface area contributed by atoms with Gasteiger partial charge in [-0.15, -0.1) is 0 Å². The average molecular weight is 458 g/mol. The van der Waals surface area contributed by atoms with Crippen LogP contribution in [0.4, 0.5) is 10.6 Å². The molecule has 25 heavy (non-hydrogen) atoms. The van der Waals surface area contributed by atoms with E-state index in [0.717, 1.165) is 21.9 Å². The highest BCUT2D eigenvalue weighted by atomic mass is 127. The molecule has 0 spiro atoms. The predicted octanol–water partition coefficient (Wildman–Crippen LogP) is 2.82. The summed E-state index contributed by atoms with van der Waals surface area (Å²) in [6.45, 7) is 7.48. The maximum atomic E-state index is 11.7. The Balaban J connectivity index is 1.98. The Labute approximate surface area is 159 Å². The minimum absolute atomic E-state index is 0.0742. The van der Waals surface area contributed by atoms with E-state index in [1.807, 2.05) is 4.68 Å². The number of nitrogens with zero attached hydrogens (tertiary/aromatic N) is 5. The van der Waals surface area contributed by atoms with Gasteiger partial charge in [0, 0.05) is 19.1 Å². The number of piperidine rings is 1. The van der Waals surface area contributed by atoms with Crippen LogP contribution in [-0.2, 0) is 6.54 Å². The fourth-order valence-electron chi connectivity index (χ4n) is 3.99. The molecule has 0 aromatic carbocycles. The van der Waals surface area contributed by atoms with Crippen molar-refractivity contribution in [2.75, 3.05) is 12.3 Å². The van der Waals surface area contributed by atoms with Gasteiger partial charge in [-0.05, 0) is 46.8 Å². The third-order valence-corrected chi connectivity index (χ3v) is 5.57. The van der Waals surface area contributed by atoms with Gasteiger partial charge in [0.25, 0.3) is 0 Å². The van der Waals surface area contributed by atoms with Crippen molar-refractivity contribution >= 4 is 45.5 Å². The molecule has 1 aliphatic heterocycles. The van der Waals surface area contributed by atoms with Crippen molar-refractivity contribution in [1.29, 1.82) is 0 Å². The Morgan fingerprint density at radius 2 is 2.16 bits per heavy atom. The minimum atomic E-state index is -0.851. The summed E-state index contributed by atoms with van der Waals surface area (Å²) in [5.41, 5.74) is 6.51. The number of carboxylic acid groups (broad SMARTS) is 1. The lowest BCUT2D eigenvalue weighted by Gasteiger charge is -2.46. The molecule has 1 saturated heterocycles. The number of likely N-dealkylation sites (tertiary alicyclic amines) is 1. The first-order chi connectivity index (χ1) is 11.7. The fourth-order valence-corrected chi connectivity index (χ4v) is 4.77. The minimum Gasteiger partial charge on any atom is -0.465 e. The van der Waals surface area contributed by atoms with E-state index in [0.29, 0.717) is 24.6 Å². The lowest BCUT2D eigenvalue weighted by Crippen LogP contribution is -2.55. The summed E-state index contributed by atoms with van der Waals surface area (Å²) < 4.78 is 2.62. The van der Waals surface area contributed by atoms with E-state index < -0.39 is 6.09 Å². The Morgan fingerprint density at radius 1 is 1.44 bits per heavy atom. The zero-order chi connectivity index (χ0) is 18.4. The van der Waals surface area contributed by atoms with Crippen LogP contribution >= 0.6 is 22.6 Å². The first kappa shape index (κ1) is 18.2. The van der Waals surface area contributed by atoms with E-state index in [-0.39, 0.29) is 17.4 Å². The third kappa shape index (κ3) is 3.38. The smallest absolute Gasteiger partial charge is 0.407 e. The lowest BCUT2D eigenvalue weighted by molar-refractivity contribution is 0.0164. The number of carbonyl (C=O) groups is 1. The van der Waals surface area contributed by atoms with Crippen molar-refractivity contribution in [3.8, 4) is 0 Å². The van der Waals surface area contributed by atoms with Gasteiger partial charge in [0.2, 0.25) is 0 Å². The Bertz CT molecular complexity index is 800. The van der Waals surface area contributed by atoms with Crippen molar-refractivity contribution in [1.82, 2.24) is 24.6 Å². The van der Waals surface area contributed by atoms with Crippen LogP contribution in [0.3, 0.4) is 0 Å². The largest absolute Gasteiger partial charge is 0.465 e. The van der Waals surface area contributed by atoms with Gasteiger partial charge < -0.3 is 15.7 Å². The normalized spacial score (nSPS) is 21.7. The fraction of sp³-hybridized carbons (Fsp3) is 0.625. The molecule has 0 saturated carbocycles. The lowest BCUT2D eigenvalue weighted by atomic mass is 9.74. The van der Waals surface area contributed by atoms with Crippen molar-refractivity contribution in [2.45, 2.75) is 46.2 Å². The summed E-state index contributed by atoms with van der Waals surface area (Å²) >= 11 is 2.14. The Hall–Kier alpha value is -1.65. The molecule has 2 unspecified atom stereocenters. The van der Waals surface area contributed by atoms with Crippen LogP contribution in [0.15, 0.2) is 6.33 Å². The van der Waals surface area contributed by atoms with Crippen LogP contribution in [0.5, 0.6) is 0 Å². The quantitative estimate of drug-likeness (QED) is 0.670. The van der Waals surface area contributed by atoms with Gasteiger partial charge in [0.15, 0.2) is 5.65 Å². The second-order valence-corrected chi connectivity index (χ2v) is 8.64. The molecule has 3 heterocycles. The van der Waals surface area contributed by atoms with E-state index in [1.54, 1.807) is 4.90 Å². The predicted molar refractivity (Wildman–Crippen MR) is 103 cm³/mol. The number of amides is 1. The van der Waals surface area contributed by atoms with E-state index in [2.05, 4.69) is 58.4 Å². The van der Waals surface area contributed by atoms with E-state index in [9.17, 15) is 9.90 Å². The maximum Gasteiger partial charge on any atom is 0.407 e. The Morgan fingerprint density at radius 3 is 2.80 bits per heavy atom. The average Bonchev–Trinajstić information content (AvgIpc) is 2.83. The summed E-state index contributed by atoms with van der Waals surface area (Å²) in [4.78, 5) is 21.7. The highest BCUT2D eigenvalue weighted by Crippen LogP contribution is 2.37. The first-order valence-corrected chi connectivity index (χ1v) is 9.40. The zero-order valence-corrected chi connectivity index (χ0v) is 16.8. The number of nitrogens with two attached hydrogens (primary N) is 1. The molecule has 136 valence electrons. The van der Waals surface area contributed by atoms with Crippen molar-refractivity contribution in [3.05, 3.63) is 10.0 Å².